The van der Waals surface area contributed by atoms with Crippen LogP contribution in [0.15, 0.2) is 10.8 Å². The molecule has 0 amide bonds. The minimum atomic E-state index is 0.743. The molecule has 1 aliphatic rings. The van der Waals surface area contributed by atoms with Crippen molar-refractivity contribution in [2.45, 2.75) is 31.7 Å². The first kappa shape index (κ1) is 7.73. The van der Waals surface area contributed by atoms with Crippen LogP contribution in [0.4, 0.5) is 0 Å². The van der Waals surface area contributed by atoms with Gasteiger partial charge in [0.1, 0.15) is 0 Å². The van der Waals surface area contributed by atoms with Gasteiger partial charge in [0, 0.05) is 12.5 Å². The van der Waals surface area contributed by atoms with Crippen molar-refractivity contribution in [3.05, 3.63) is 12.3 Å². The lowest BCUT2D eigenvalue weighted by atomic mass is 10.3. The van der Waals surface area contributed by atoms with Gasteiger partial charge in [-0.15, -0.1) is 10.2 Å². The monoisotopic (exact) mass is 167 g/mol. The van der Waals surface area contributed by atoms with Crippen molar-refractivity contribution in [2.75, 3.05) is 6.54 Å². The van der Waals surface area contributed by atoms with Crippen LogP contribution in [0.25, 0.3) is 0 Å². The minimum Gasteiger partial charge on any atom is -0.428 e. The molecular weight excluding hydrogens is 154 g/mol. The largest absolute Gasteiger partial charge is 0.428 e. The van der Waals surface area contributed by atoms with E-state index in [4.69, 9.17) is 4.42 Å². The zero-order chi connectivity index (χ0) is 8.23. The van der Waals surface area contributed by atoms with Gasteiger partial charge < -0.3 is 9.73 Å². The molecule has 1 N–H and O–H groups in total. The van der Waals surface area contributed by atoms with E-state index in [1.165, 1.54) is 19.2 Å². The molecule has 1 aromatic heterocycles. The molecule has 0 atom stereocenters. The summed E-state index contributed by atoms with van der Waals surface area (Å²) in [4.78, 5) is 0. The predicted molar refractivity (Wildman–Crippen MR) is 43.6 cm³/mol. The molecule has 12 heavy (non-hydrogen) atoms. The second kappa shape index (κ2) is 3.67. The van der Waals surface area contributed by atoms with Crippen LogP contribution in [0.1, 0.15) is 25.2 Å². The van der Waals surface area contributed by atoms with E-state index in [0.29, 0.717) is 0 Å². The van der Waals surface area contributed by atoms with Crippen LogP contribution in [0.2, 0.25) is 0 Å². The summed E-state index contributed by atoms with van der Waals surface area (Å²) in [6.07, 6.45) is 6.04. The van der Waals surface area contributed by atoms with Gasteiger partial charge in [0.15, 0.2) is 0 Å². The van der Waals surface area contributed by atoms with E-state index in [1.54, 1.807) is 0 Å². The predicted octanol–water partition coefficient (Wildman–Crippen LogP) is 0.754. The maximum absolute atomic E-state index is 5.01. The van der Waals surface area contributed by atoms with Gasteiger partial charge in [0.2, 0.25) is 12.3 Å². The molecule has 4 nitrogen and oxygen atoms in total. The van der Waals surface area contributed by atoms with Crippen molar-refractivity contribution in [3.63, 3.8) is 0 Å². The fourth-order valence-electron chi connectivity index (χ4n) is 1.14. The van der Waals surface area contributed by atoms with Crippen LogP contribution in [0.3, 0.4) is 0 Å². The Morgan fingerprint density at radius 1 is 1.58 bits per heavy atom. The highest BCUT2D eigenvalue weighted by molar-refractivity contribution is 4.81. The van der Waals surface area contributed by atoms with Gasteiger partial charge in [0.05, 0.1) is 0 Å². The topological polar surface area (TPSA) is 51.0 Å². The maximum Gasteiger partial charge on any atom is 0.216 e. The fraction of sp³-hybridized carbons (Fsp3) is 0.750. The number of aryl methyl sites for hydroxylation is 1. The highest BCUT2D eigenvalue weighted by atomic mass is 16.4. The Morgan fingerprint density at radius 3 is 3.17 bits per heavy atom. The molecule has 1 aliphatic carbocycles. The van der Waals surface area contributed by atoms with E-state index in [-0.39, 0.29) is 0 Å². The summed E-state index contributed by atoms with van der Waals surface area (Å²) >= 11 is 0. The van der Waals surface area contributed by atoms with Gasteiger partial charge in [-0.1, -0.05) is 0 Å². The van der Waals surface area contributed by atoms with Crippen molar-refractivity contribution in [2.24, 2.45) is 0 Å². The fourth-order valence-corrected chi connectivity index (χ4v) is 1.14. The van der Waals surface area contributed by atoms with Crippen LogP contribution >= 0.6 is 0 Å². The quantitative estimate of drug-likeness (QED) is 0.657. The molecular formula is C8H13N3O. The molecule has 0 spiro atoms. The van der Waals surface area contributed by atoms with Crippen LogP contribution in [0.5, 0.6) is 0 Å². The summed E-state index contributed by atoms with van der Waals surface area (Å²) < 4.78 is 5.01. The molecule has 4 heteroatoms. The van der Waals surface area contributed by atoms with Crippen LogP contribution < -0.4 is 5.32 Å². The maximum atomic E-state index is 5.01. The van der Waals surface area contributed by atoms with Crippen LogP contribution in [-0.2, 0) is 6.42 Å². The van der Waals surface area contributed by atoms with Crippen LogP contribution in [-0.4, -0.2) is 22.8 Å². The van der Waals surface area contributed by atoms with E-state index in [1.807, 2.05) is 0 Å². The summed E-state index contributed by atoms with van der Waals surface area (Å²) in [5.41, 5.74) is 0. The van der Waals surface area contributed by atoms with Gasteiger partial charge >= 0.3 is 0 Å². The van der Waals surface area contributed by atoms with Gasteiger partial charge in [-0.3, -0.25) is 0 Å². The van der Waals surface area contributed by atoms with Crippen molar-refractivity contribution in [1.82, 2.24) is 15.5 Å². The molecule has 0 aliphatic heterocycles. The van der Waals surface area contributed by atoms with E-state index in [9.17, 15) is 0 Å². The van der Waals surface area contributed by atoms with E-state index >= 15 is 0 Å². The summed E-state index contributed by atoms with van der Waals surface area (Å²) in [5.74, 6) is 0.743. The van der Waals surface area contributed by atoms with Gasteiger partial charge in [-0.05, 0) is 25.8 Å². The highest BCUT2D eigenvalue weighted by Crippen LogP contribution is 2.18. The second-order valence-corrected chi connectivity index (χ2v) is 3.16. The molecule has 1 fully saturated rings. The average Bonchev–Trinajstić information content (AvgIpc) is 2.76. The number of aromatic nitrogens is 2. The summed E-state index contributed by atoms with van der Waals surface area (Å²) in [5, 5.41) is 10.8. The number of nitrogens with zero attached hydrogens (tertiary/aromatic N) is 2. The molecule has 2 rings (SSSR count). The molecule has 0 aromatic carbocycles. The van der Waals surface area contributed by atoms with Crippen LogP contribution in [0, 0.1) is 0 Å². The van der Waals surface area contributed by atoms with Crippen molar-refractivity contribution < 1.29 is 4.42 Å². The molecule has 0 saturated heterocycles. The SMILES string of the molecule is c1nnc(CCCNC2CC2)o1. The Bertz CT molecular complexity index is 218. The molecule has 0 unspecified atom stereocenters. The number of rotatable bonds is 5. The summed E-state index contributed by atoms with van der Waals surface area (Å²) in [7, 11) is 0. The Morgan fingerprint density at radius 2 is 2.50 bits per heavy atom. The third kappa shape index (κ3) is 2.30. The third-order valence-electron chi connectivity index (χ3n) is 1.98. The van der Waals surface area contributed by atoms with Crippen molar-refractivity contribution >= 4 is 0 Å². The average molecular weight is 167 g/mol. The third-order valence-corrected chi connectivity index (χ3v) is 1.98. The van der Waals surface area contributed by atoms with Gasteiger partial charge in [-0.2, -0.15) is 0 Å². The Labute approximate surface area is 71.4 Å². The Balaban J connectivity index is 1.56. The standard InChI is InChI=1S/C8H13N3O/c1(5-9-7-3-4-7)2-8-11-10-6-12-8/h6-7,9H,1-5H2. The first-order valence-corrected chi connectivity index (χ1v) is 4.43. The minimum absolute atomic E-state index is 0.743. The normalized spacial score (nSPS) is 16.7. The Kier molecular flexibility index (Phi) is 2.36. The lowest BCUT2D eigenvalue weighted by molar-refractivity contribution is 0.480. The molecule has 0 bridgehead atoms. The molecule has 66 valence electrons. The van der Waals surface area contributed by atoms with Gasteiger partial charge in [0.25, 0.3) is 0 Å². The second-order valence-electron chi connectivity index (χ2n) is 3.16. The first-order valence-electron chi connectivity index (χ1n) is 4.43. The zero-order valence-corrected chi connectivity index (χ0v) is 6.99. The van der Waals surface area contributed by atoms with E-state index < -0.39 is 0 Å². The zero-order valence-electron chi connectivity index (χ0n) is 6.99. The lowest BCUT2D eigenvalue weighted by Gasteiger charge is -1.98. The molecule has 1 heterocycles. The van der Waals surface area contributed by atoms with E-state index in [2.05, 4.69) is 15.5 Å². The van der Waals surface area contributed by atoms with E-state index in [0.717, 1.165) is 31.3 Å². The smallest absolute Gasteiger partial charge is 0.216 e. The van der Waals surface area contributed by atoms with Crippen molar-refractivity contribution in [1.29, 1.82) is 0 Å². The first-order chi connectivity index (χ1) is 5.95. The van der Waals surface area contributed by atoms with Crippen molar-refractivity contribution in [3.8, 4) is 0 Å². The number of hydrogen-bond donors (Lipinski definition) is 1. The van der Waals surface area contributed by atoms with Gasteiger partial charge in [-0.25, -0.2) is 0 Å². The molecule has 0 radical (unpaired) electrons. The summed E-state index contributed by atoms with van der Waals surface area (Å²) in [6, 6.07) is 0.799. The highest BCUT2D eigenvalue weighted by Gasteiger charge is 2.19. The molecule has 1 saturated carbocycles. The lowest BCUT2D eigenvalue weighted by Crippen LogP contribution is -2.17. The number of nitrogens with one attached hydrogen (secondary N) is 1. The molecule has 1 aromatic rings. The summed E-state index contributed by atoms with van der Waals surface area (Å²) in [6.45, 7) is 1.06. The Hall–Kier alpha value is -0.900. The number of hydrogen-bond acceptors (Lipinski definition) is 4.